The van der Waals surface area contributed by atoms with Crippen molar-refractivity contribution < 1.29 is 8.42 Å². The Morgan fingerprint density at radius 2 is 1.82 bits per heavy atom. The third-order valence-corrected chi connectivity index (χ3v) is 6.44. The van der Waals surface area contributed by atoms with Gasteiger partial charge in [-0.2, -0.15) is 0 Å². The van der Waals surface area contributed by atoms with Gasteiger partial charge in [0.05, 0.1) is 11.5 Å². The van der Waals surface area contributed by atoms with E-state index in [9.17, 15) is 8.42 Å². The van der Waals surface area contributed by atoms with Crippen LogP contribution >= 0.6 is 0 Å². The van der Waals surface area contributed by atoms with Gasteiger partial charge in [-0.3, -0.25) is 0 Å². The molecular formula is C13H25NO2S. The first-order valence-corrected chi connectivity index (χ1v) is 8.53. The monoisotopic (exact) mass is 259 g/mol. The number of hydrogen-bond acceptors (Lipinski definition) is 3. The highest BCUT2D eigenvalue weighted by Gasteiger charge is 2.42. The van der Waals surface area contributed by atoms with E-state index in [-0.39, 0.29) is 5.54 Å². The van der Waals surface area contributed by atoms with Crippen molar-refractivity contribution in [1.82, 2.24) is 5.32 Å². The van der Waals surface area contributed by atoms with Crippen LogP contribution in [0.4, 0.5) is 0 Å². The first kappa shape index (κ1) is 13.3. The largest absolute Gasteiger partial charge is 0.307 e. The Hall–Kier alpha value is -0.0900. The lowest BCUT2D eigenvalue weighted by Gasteiger charge is -2.43. The maximum atomic E-state index is 11.6. The van der Waals surface area contributed by atoms with Gasteiger partial charge in [-0.05, 0) is 31.6 Å². The maximum Gasteiger partial charge on any atom is 0.152 e. The normalized spacial score (nSPS) is 40.3. The number of hydrogen-bond donors (Lipinski definition) is 1. The van der Waals surface area contributed by atoms with Crippen LogP contribution in [0.3, 0.4) is 0 Å². The van der Waals surface area contributed by atoms with Crippen LogP contribution in [0.1, 0.15) is 52.9 Å². The molecule has 2 atom stereocenters. The Kier molecular flexibility index (Phi) is 3.32. The van der Waals surface area contributed by atoms with Crippen molar-refractivity contribution in [3.8, 4) is 0 Å². The molecule has 0 aromatic heterocycles. The van der Waals surface area contributed by atoms with Gasteiger partial charge < -0.3 is 5.32 Å². The minimum atomic E-state index is -2.80. The second kappa shape index (κ2) is 4.23. The van der Waals surface area contributed by atoms with E-state index in [0.29, 0.717) is 23.0 Å². The standard InChI is InChI=1S/C13H25NO2S/c1-12(2)7-5-4-6-11(12)14-13(3)8-9-17(15,16)10-13/h11,14H,4-10H2,1-3H3. The zero-order chi connectivity index (χ0) is 12.7. The zero-order valence-electron chi connectivity index (χ0n) is 11.3. The summed E-state index contributed by atoms with van der Waals surface area (Å²) >= 11 is 0. The molecule has 0 amide bonds. The minimum absolute atomic E-state index is 0.196. The molecule has 3 nitrogen and oxygen atoms in total. The Balaban J connectivity index is 2.05. The van der Waals surface area contributed by atoms with Crippen LogP contribution in [-0.4, -0.2) is 31.5 Å². The fraction of sp³-hybridized carbons (Fsp3) is 1.00. The summed E-state index contributed by atoms with van der Waals surface area (Å²) in [4.78, 5) is 0. The lowest BCUT2D eigenvalue weighted by molar-refractivity contribution is 0.137. The van der Waals surface area contributed by atoms with Crippen LogP contribution in [0.15, 0.2) is 0 Å². The van der Waals surface area contributed by atoms with Crippen molar-refractivity contribution in [2.24, 2.45) is 5.41 Å². The van der Waals surface area contributed by atoms with Crippen LogP contribution in [0.25, 0.3) is 0 Å². The van der Waals surface area contributed by atoms with Crippen molar-refractivity contribution >= 4 is 9.84 Å². The second-order valence-electron chi connectivity index (χ2n) is 6.83. The molecule has 0 aromatic carbocycles. The van der Waals surface area contributed by atoms with Crippen molar-refractivity contribution in [2.45, 2.75) is 64.5 Å². The summed E-state index contributed by atoms with van der Waals surface area (Å²) in [6, 6.07) is 0.467. The molecule has 2 fully saturated rings. The van der Waals surface area contributed by atoms with Crippen LogP contribution in [0, 0.1) is 5.41 Å². The molecule has 17 heavy (non-hydrogen) atoms. The van der Waals surface area contributed by atoms with Gasteiger partial charge in [0.2, 0.25) is 0 Å². The van der Waals surface area contributed by atoms with E-state index in [1.165, 1.54) is 25.7 Å². The lowest BCUT2D eigenvalue weighted by Crippen LogP contribution is -2.55. The summed E-state index contributed by atoms with van der Waals surface area (Å²) in [5, 5.41) is 3.66. The predicted molar refractivity (Wildman–Crippen MR) is 70.8 cm³/mol. The van der Waals surface area contributed by atoms with Gasteiger partial charge in [-0.15, -0.1) is 0 Å². The highest BCUT2D eigenvalue weighted by molar-refractivity contribution is 7.91. The molecular weight excluding hydrogens is 234 g/mol. The zero-order valence-corrected chi connectivity index (χ0v) is 12.1. The van der Waals surface area contributed by atoms with E-state index in [1.807, 2.05) is 0 Å². The summed E-state index contributed by atoms with van der Waals surface area (Å²) in [5.74, 6) is 0.663. The van der Waals surface area contributed by atoms with Crippen molar-refractivity contribution in [1.29, 1.82) is 0 Å². The van der Waals surface area contributed by atoms with Crippen LogP contribution < -0.4 is 5.32 Å². The highest BCUT2D eigenvalue weighted by Crippen LogP contribution is 2.37. The Bertz CT molecular complexity index is 388. The molecule has 4 heteroatoms. The topological polar surface area (TPSA) is 46.2 Å². The van der Waals surface area contributed by atoms with Gasteiger partial charge in [-0.25, -0.2) is 8.42 Å². The van der Waals surface area contributed by atoms with Gasteiger partial charge in [-0.1, -0.05) is 26.7 Å². The van der Waals surface area contributed by atoms with E-state index in [0.717, 1.165) is 6.42 Å². The van der Waals surface area contributed by atoms with E-state index in [1.54, 1.807) is 0 Å². The molecule has 2 aliphatic rings. The third kappa shape index (κ3) is 3.02. The predicted octanol–water partition coefficient (Wildman–Crippen LogP) is 2.12. The van der Waals surface area contributed by atoms with Crippen molar-refractivity contribution in [3.05, 3.63) is 0 Å². The number of nitrogens with one attached hydrogen (secondary N) is 1. The SMILES string of the molecule is CC1(NC2CCCCC2(C)C)CCS(=O)(=O)C1. The first-order chi connectivity index (χ1) is 7.73. The molecule has 1 saturated heterocycles. The highest BCUT2D eigenvalue weighted by atomic mass is 32.2. The first-order valence-electron chi connectivity index (χ1n) is 6.71. The van der Waals surface area contributed by atoms with Gasteiger partial charge >= 0.3 is 0 Å². The smallest absolute Gasteiger partial charge is 0.152 e. The molecule has 2 unspecified atom stereocenters. The summed E-state index contributed by atoms with van der Waals surface area (Å²) in [7, 11) is -2.80. The Labute approximate surface area is 105 Å². The van der Waals surface area contributed by atoms with Gasteiger partial charge in [0.15, 0.2) is 9.84 Å². The van der Waals surface area contributed by atoms with Crippen LogP contribution in [-0.2, 0) is 9.84 Å². The van der Waals surface area contributed by atoms with E-state index in [2.05, 4.69) is 26.1 Å². The summed E-state index contributed by atoms with van der Waals surface area (Å²) < 4.78 is 23.2. The summed E-state index contributed by atoms with van der Waals surface area (Å²) in [6.45, 7) is 6.68. The lowest BCUT2D eigenvalue weighted by atomic mass is 9.72. The van der Waals surface area contributed by atoms with Crippen LogP contribution in [0.2, 0.25) is 0 Å². The van der Waals surface area contributed by atoms with Gasteiger partial charge in [0.1, 0.15) is 0 Å². The van der Waals surface area contributed by atoms with Gasteiger partial charge in [0.25, 0.3) is 0 Å². The molecule has 0 bridgehead atoms. The third-order valence-electron chi connectivity index (χ3n) is 4.53. The minimum Gasteiger partial charge on any atom is -0.307 e. The van der Waals surface area contributed by atoms with E-state index < -0.39 is 9.84 Å². The molecule has 1 aliphatic carbocycles. The molecule has 0 aromatic rings. The average Bonchev–Trinajstić information content (AvgIpc) is 2.45. The molecule has 2 rings (SSSR count). The molecule has 0 radical (unpaired) electrons. The van der Waals surface area contributed by atoms with Crippen molar-refractivity contribution in [3.63, 3.8) is 0 Å². The number of rotatable bonds is 2. The Morgan fingerprint density at radius 3 is 2.35 bits per heavy atom. The maximum absolute atomic E-state index is 11.6. The quantitative estimate of drug-likeness (QED) is 0.826. The fourth-order valence-corrected chi connectivity index (χ4v) is 5.41. The van der Waals surface area contributed by atoms with Gasteiger partial charge in [0, 0.05) is 11.6 Å². The summed E-state index contributed by atoms with van der Waals surface area (Å²) in [5.41, 5.74) is 0.103. The molecule has 1 aliphatic heterocycles. The molecule has 1 heterocycles. The number of sulfone groups is 1. The second-order valence-corrected chi connectivity index (χ2v) is 9.02. The van der Waals surface area contributed by atoms with E-state index in [4.69, 9.17) is 0 Å². The summed E-state index contributed by atoms with van der Waals surface area (Å²) in [6.07, 6.45) is 5.77. The van der Waals surface area contributed by atoms with Crippen molar-refractivity contribution in [2.75, 3.05) is 11.5 Å². The average molecular weight is 259 g/mol. The fourth-order valence-electron chi connectivity index (χ4n) is 3.31. The molecule has 0 spiro atoms. The molecule has 100 valence electrons. The van der Waals surface area contributed by atoms with Crippen LogP contribution in [0.5, 0.6) is 0 Å². The molecule has 1 N–H and O–H groups in total. The van der Waals surface area contributed by atoms with E-state index >= 15 is 0 Å². The molecule has 1 saturated carbocycles. The Morgan fingerprint density at radius 1 is 1.12 bits per heavy atom.